The Morgan fingerprint density at radius 3 is 2.85 bits per heavy atom. The first-order valence-corrected chi connectivity index (χ1v) is 7.46. The maximum atomic E-state index is 5.82. The number of aromatic nitrogens is 2. The Morgan fingerprint density at radius 1 is 1.30 bits per heavy atom. The molecule has 0 unspecified atom stereocenters. The van der Waals surface area contributed by atoms with Gasteiger partial charge in [-0.2, -0.15) is 0 Å². The molecule has 1 N–H and O–H groups in total. The van der Waals surface area contributed by atoms with E-state index >= 15 is 0 Å². The molecule has 0 atom stereocenters. The summed E-state index contributed by atoms with van der Waals surface area (Å²) in [5.74, 6) is 0.796. The van der Waals surface area contributed by atoms with E-state index < -0.39 is 0 Å². The van der Waals surface area contributed by atoms with Gasteiger partial charge in [-0.3, -0.25) is 0 Å². The highest BCUT2D eigenvalue weighted by molar-refractivity contribution is 7.13. The highest BCUT2D eigenvalue weighted by Gasteiger charge is 2.08. The zero-order valence-corrected chi connectivity index (χ0v) is 12.8. The van der Waals surface area contributed by atoms with Gasteiger partial charge < -0.3 is 10.1 Å². The largest absolute Gasteiger partial charge is 0.429 e. The average Bonchev–Trinajstić information content (AvgIpc) is 2.87. The Balaban J connectivity index is 2.07. The highest BCUT2D eigenvalue weighted by Crippen LogP contribution is 2.28. The van der Waals surface area contributed by atoms with Crippen LogP contribution in [0.5, 0.6) is 10.9 Å². The van der Waals surface area contributed by atoms with E-state index in [4.69, 9.17) is 4.74 Å². The Labute approximate surface area is 123 Å². The number of rotatable bonds is 6. The van der Waals surface area contributed by atoms with Gasteiger partial charge >= 0.3 is 0 Å². The van der Waals surface area contributed by atoms with Crippen molar-refractivity contribution in [2.75, 3.05) is 0 Å². The van der Waals surface area contributed by atoms with Crippen molar-refractivity contribution in [3.63, 3.8) is 0 Å². The lowest BCUT2D eigenvalue weighted by Crippen LogP contribution is -2.21. The molecule has 0 amide bonds. The van der Waals surface area contributed by atoms with Crippen molar-refractivity contribution < 1.29 is 4.74 Å². The molecule has 2 aromatic rings. The number of nitrogens with one attached hydrogen (secondary N) is 1. The molecule has 106 valence electrons. The van der Waals surface area contributed by atoms with Crippen LogP contribution in [-0.2, 0) is 6.54 Å². The number of benzene rings is 1. The van der Waals surface area contributed by atoms with E-state index in [2.05, 4.69) is 29.4 Å². The van der Waals surface area contributed by atoms with Crippen LogP contribution in [0.2, 0.25) is 0 Å². The molecule has 0 saturated carbocycles. The van der Waals surface area contributed by atoms with Gasteiger partial charge in [0.15, 0.2) is 0 Å². The van der Waals surface area contributed by atoms with Crippen molar-refractivity contribution in [1.29, 1.82) is 0 Å². The molecule has 5 heteroatoms. The van der Waals surface area contributed by atoms with Crippen LogP contribution in [0.1, 0.15) is 31.3 Å². The van der Waals surface area contributed by atoms with Crippen LogP contribution in [0.3, 0.4) is 0 Å². The van der Waals surface area contributed by atoms with Crippen LogP contribution in [0.15, 0.2) is 30.3 Å². The number of para-hydroxylation sites is 1. The zero-order chi connectivity index (χ0) is 14.4. The van der Waals surface area contributed by atoms with Gasteiger partial charge in [0.05, 0.1) is 6.54 Å². The third kappa shape index (κ3) is 4.15. The minimum absolute atomic E-state index is 0.429. The molecule has 1 aromatic heterocycles. The van der Waals surface area contributed by atoms with Crippen LogP contribution in [0.25, 0.3) is 6.08 Å². The van der Waals surface area contributed by atoms with Crippen molar-refractivity contribution in [2.24, 2.45) is 0 Å². The predicted octanol–water partition coefficient (Wildman–Crippen LogP) is 3.86. The Hall–Kier alpha value is -1.72. The van der Waals surface area contributed by atoms with Crippen LogP contribution >= 0.6 is 11.3 Å². The maximum absolute atomic E-state index is 5.82. The Kier molecular flexibility index (Phi) is 5.26. The second-order valence-corrected chi connectivity index (χ2v) is 5.66. The summed E-state index contributed by atoms with van der Waals surface area (Å²) in [5, 5.41) is 13.0. The minimum atomic E-state index is 0.429. The number of nitrogens with zero attached hydrogens (tertiary/aromatic N) is 2. The van der Waals surface area contributed by atoms with Gasteiger partial charge in [0.25, 0.3) is 5.19 Å². The first-order valence-electron chi connectivity index (χ1n) is 6.64. The predicted molar refractivity (Wildman–Crippen MR) is 83.1 cm³/mol. The van der Waals surface area contributed by atoms with Crippen molar-refractivity contribution in [2.45, 2.75) is 33.4 Å². The summed E-state index contributed by atoms with van der Waals surface area (Å²) in [6.45, 7) is 6.91. The van der Waals surface area contributed by atoms with E-state index in [1.165, 1.54) is 11.3 Å². The number of allylic oxidation sites excluding steroid dienone is 1. The Bertz CT molecular complexity index is 578. The molecule has 1 heterocycles. The summed E-state index contributed by atoms with van der Waals surface area (Å²) >= 11 is 1.47. The molecular weight excluding hydrogens is 270 g/mol. The van der Waals surface area contributed by atoms with Gasteiger partial charge in [-0.1, -0.05) is 60.6 Å². The molecule has 0 bridgehead atoms. The molecule has 0 aliphatic rings. The molecule has 0 saturated heterocycles. The zero-order valence-electron chi connectivity index (χ0n) is 12.0. The Morgan fingerprint density at radius 2 is 2.10 bits per heavy atom. The second-order valence-electron chi connectivity index (χ2n) is 4.64. The van der Waals surface area contributed by atoms with Crippen LogP contribution in [0, 0.1) is 0 Å². The second kappa shape index (κ2) is 7.17. The molecule has 0 aliphatic carbocycles. The molecule has 0 radical (unpaired) electrons. The maximum Gasteiger partial charge on any atom is 0.299 e. The van der Waals surface area contributed by atoms with Crippen molar-refractivity contribution in [3.8, 4) is 10.9 Å². The third-order valence-electron chi connectivity index (χ3n) is 2.57. The molecule has 20 heavy (non-hydrogen) atoms. The summed E-state index contributed by atoms with van der Waals surface area (Å²) < 4.78 is 5.82. The summed E-state index contributed by atoms with van der Waals surface area (Å²) in [6, 6.07) is 8.31. The molecule has 1 aromatic carbocycles. The number of hydrogen-bond acceptors (Lipinski definition) is 5. The van der Waals surface area contributed by atoms with E-state index in [0.717, 1.165) is 22.9 Å². The summed E-state index contributed by atoms with van der Waals surface area (Å²) in [5.41, 5.74) is 1.03. The standard InChI is InChI=1S/C15H19N3OS/c1-4-7-12-8-5-6-9-13(12)19-15-18-17-14(20-15)10-16-11(2)3/h4-9,11,16H,10H2,1-3H3/b7-4+. The highest BCUT2D eigenvalue weighted by atomic mass is 32.1. The molecule has 0 fully saturated rings. The molecular formula is C15H19N3OS. The number of ether oxygens (including phenoxy) is 1. The monoisotopic (exact) mass is 289 g/mol. The fraction of sp³-hybridized carbons (Fsp3) is 0.333. The van der Waals surface area contributed by atoms with Crippen LogP contribution in [0.4, 0.5) is 0 Å². The topological polar surface area (TPSA) is 47.0 Å². The first-order chi connectivity index (χ1) is 9.69. The SMILES string of the molecule is C/C=C/c1ccccc1Oc1nnc(CNC(C)C)s1. The van der Waals surface area contributed by atoms with E-state index in [1.807, 2.05) is 43.3 Å². The molecule has 0 spiro atoms. The summed E-state index contributed by atoms with van der Waals surface area (Å²) in [6.07, 6.45) is 4.00. The third-order valence-corrected chi connectivity index (χ3v) is 3.37. The van der Waals surface area contributed by atoms with Gasteiger partial charge in [0.1, 0.15) is 10.8 Å². The van der Waals surface area contributed by atoms with E-state index in [0.29, 0.717) is 11.2 Å². The fourth-order valence-corrected chi connectivity index (χ4v) is 2.28. The van der Waals surface area contributed by atoms with Gasteiger partial charge in [-0.15, -0.1) is 5.10 Å². The summed E-state index contributed by atoms with van der Waals surface area (Å²) in [4.78, 5) is 0. The average molecular weight is 289 g/mol. The van der Waals surface area contributed by atoms with Gasteiger partial charge in [0, 0.05) is 11.6 Å². The first kappa shape index (κ1) is 14.7. The van der Waals surface area contributed by atoms with Crippen LogP contribution in [-0.4, -0.2) is 16.2 Å². The van der Waals surface area contributed by atoms with Crippen molar-refractivity contribution in [3.05, 3.63) is 40.9 Å². The van der Waals surface area contributed by atoms with Gasteiger partial charge in [0.2, 0.25) is 0 Å². The van der Waals surface area contributed by atoms with Gasteiger partial charge in [-0.05, 0) is 13.0 Å². The fourth-order valence-electron chi connectivity index (χ4n) is 1.63. The van der Waals surface area contributed by atoms with Crippen molar-refractivity contribution in [1.82, 2.24) is 15.5 Å². The smallest absolute Gasteiger partial charge is 0.299 e. The van der Waals surface area contributed by atoms with Crippen molar-refractivity contribution >= 4 is 17.4 Å². The lowest BCUT2D eigenvalue weighted by Gasteiger charge is -2.05. The molecule has 4 nitrogen and oxygen atoms in total. The molecule has 2 rings (SSSR count). The van der Waals surface area contributed by atoms with Gasteiger partial charge in [-0.25, -0.2) is 0 Å². The minimum Gasteiger partial charge on any atom is -0.429 e. The summed E-state index contributed by atoms with van der Waals surface area (Å²) in [7, 11) is 0. The van der Waals surface area contributed by atoms with E-state index in [9.17, 15) is 0 Å². The quantitative estimate of drug-likeness (QED) is 0.877. The van der Waals surface area contributed by atoms with E-state index in [-0.39, 0.29) is 0 Å². The van der Waals surface area contributed by atoms with E-state index in [1.54, 1.807) is 0 Å². The normalized spacial score (nSPS) is 11.4. The number of hydrogen-bond donors (Lipinski definition) is 1. The van der Waals surface area contributed by atoms with Crippen LogP contribution < -0.4 is 10.1 Å². The lowest BCUT2D eigenvalue weighted by molar-refractivity contribution is 0.471. The lowest BCUT2D eigenvalue weighted by atomic mass is 10.2. The molecule has 0 aliphatic heterocycles.